The molecule has 1 aliphatic carbocycles. The summed E-state index contributed by atoms with van der Waals surface area (Å²) in [6.45, 7) is 7.68. The van der Waals surface area contributed by atoms with Gasteiger partial charge in [-0.3, -0.25) is 0 Å². The third kappa shape index (κ3) is 3.94. The molecule has 1 heterocycles. The van der Waals surface area contributed by atoms with Crippen LogP contribution in [0.25, 0.3) is 0 Å². The molecule has 0 aromatic carbocycles. The van der Waals surface area contributed by atoms with Gasteiger partial charge in [-0.05, 0) is 38.5 Å². The van der Waals surface area contributed by atoms with Gasteiger partial charge < -0.3 is 14.7 Å². The number of hydrogen-bond acceptors (Lipinski definition) is 3. The van der Waals surface area contributed by atoms with E-state index in [4.69, 9.17) is 4.74 Å². The van der Waals surface area contributed by atoms with Gasteiger partial charge in [0.1, 0.15) is 0 Å². The van der Waals surface area contributed by atoms with E-state index in [1.165, 1.54) is 38.8 Å². The number of hydrogen-bond donors (Lipinski definition) is 1. The maximum Gasteiger partial charge on any atom is 0.0900 e. The average molecular weight is 241 g/mol. The summed E-state index contributed by atoms with van der Waals surface area (Å²) < 4.78 is 5.46. The predicted molar refractivity (Wildman–Crippen MR) is 69.0 cm³/mol. The summed E-state index contributed by atoms with van der Waals surface area (Å²) in [5.41, 5.74) is 0. The smallest absolute Gasteiger partial charge is 0.0900 e. The lowest BCUT2D eigenvalue weighted by Gasteiger charge is -2.23. The van der Waals surface area contributed by atoms with Gasteiger partial charge in [0, 0.05) is 19.6 Å². The first kappa shape index (κ1) is 13.3. The van der Waals surface area contributed by atoms with Crippen molar-refractivity contribution in [2.24, 2.45) is 11.8 Å². The lowest BCUT2D eigenvalue weighted by Crippen LogP contribution is -2.34. The van der Waals surface area contributed by atoms with Gasteiger partial charge in [-0.2, -0.15) is 0 Å². The van der Waals surface area contributed by atoms with E-state index >= 15 is 0 Å². The molecule has 0 radical (unpaired) electrons. The zero-order valence-electron chi connectivity index (χ0n) is 11.3. The topological polar surface area (TPSA) is 32.7 Å². The van der Waals surface area contributed by atoms with Crippen LogP contribution in [-0.4, -0.2) is 48.5 Å². The fourth-order valence-electron chi connectivity index (χ4n) is 3.31. The monoisotopic (exact) mass is 241 g/mol. The van der Waals surface area contributed by atoms with E-state index in [0.29, 0.717) is 6.61 Å². The molecule has 0 aromatic rings. The van der Waals surface area contributed by atoms with Crippen molar-refractivity contribution in [3.63, 3.8) is 0 Å². The molecule has 2 rings (SSSR count). The van der Waals surface area contributed by atoms with E-state index in [1.807, 2.05) is 13.8 Å². The van der Waals surface area contributed by atoms with Crippen molar-refractivity contribution in [3.8, 4) is 0 Å². The molecule has 3 atom stereocenters. The Bertz CT molecular complexity index is 218. The lowest BCUT2D eigenvalue weighted by atomic mass is 9.82. The van der Waals surface area contributed by atoms with Crippen LogP contribution in [0.4, 0.5) is 0 Å². The van der Waals surface area contributed by atoms with Gasteiger partial charge in [0.15, 0.2) is 0 Å². The summed E-state index contributed by atoms with van der Waals surface area (Å²) in [6, 6.07) is 0. The minimum absolute atomic E-state index is 0.214. The van der Waals surface area contributed by atoms with Crippen LogP contribution in [0.2, 0.25) is 0 Å². The third-order valence-electron chi connectivity index (χ3n) is 4.14. The Morgan fingerprint density at radius 1 is 1.18 bits per heavy atom. The molecule has 0 bridgehead atoms. The summed E-state index contributed by atoms with van der Waals surface area (Å²) in [5, 5.41) is 9.93. The lowest BCUT2D eigenvalue weighted by molar-refractivity contribution is -0.00641. The molecule has 3 heteroatoms. The Morgan fingerprint density at radius 3 is 2.29 bits per heavy atom. The molecule has 0 spiro atoms. The van der Waals surface area contributed by atoms with Crippen LogP contribution in [0.15, 0.2) is 0 Å². The maximum absolute atomic E-state index is 9.93. The fourth-order valence-corrected chi connectivity index (χ4v) is 3.31. The highest BCUT2D eigenvalue weighted by atomic mass is 16.5. The number of fused-ring (bicyclic) bond motifs is 1. The zero-order chi connectivity index (χ0) is 12.3. The first-order chi connectivity index (χ1) is 8.15. The highest BCUT2D eigenvalue weighted by molar-refractivity contribution is 4.87. The van der Waals surface area contributed by atoms with Crippen molar-refractivity contribution in [1.29, 1.82) is 0 Å². The van der Waals surface area contributed by atoms with E-state index in [-0.39, 0.29) is 12.2 Å². The Labute approximate surface area is 105 Å². The summed E-state index contributed by atoms with van der Waals surface area (Å²) in [4.78, 5) is 2.44. The molecule has 1 saturated carbocycles. The van der Waals surface area contributed by atoms with Gasteiger partial charge in [-0.15, -0.1) is 0 Å². The van der Waals surface area contributed by atoms with Crippen LogP contribution < -0.4 is 0 Å². The summed E-state index contributed by atoms with van der Waals surface area (Å²) in [6.07, 6.45) is 5.52. The van der Waals surface area contributed by atoms with Crippen molar-refractivity contribution in [2.75, 3.05) is 26.2 Å². The molecule has 1 saturated heterocycles. The van der Waals surface area contributed by atoms with Gasteiger partial charge in [-0.1, -0.05) is 12.8 Å². The third-order valence-corrected chi connectivity index (χ3v) is 4.14. The first-order valence-electron chi connectivity index (χ1n) is 7.17. The van der Waals surface area contributed by atoms with Gasteiger partial charge in [-0.25, -0.2) is 0 Å². The highest BCUT2D eigenvalue weighted by Crippen LogP contribution is 2.35. The van der Waals surface area contributed by atoms with Crippen molar-refractivity contribution in [3.05, 3.63) is 0 Å². The molecule has 0 aromatic heterocycles. The van der Waals surface area contributed by atoms with Gasteiger partial charge >= 0.3 is 0 Å². The zero-order valence-corrected chi connectivity index (χ0v) is 11.3. The number of ether oxygens (including phenoxy) is 1. The quantitative estimate of drug-likeness (QED) is 0.798. The maximum atomic E-state index is 9.93. The molecule has 3 nitrogen and oxygen atoms in total. The second-order valence-corrected chi connectivity index (χ2v) is 6.06. The average Bonchev–Trinajstić information content (AvgIpc) is 2.68. The van der Waals surface area contributed by atoms with E-state index in [2.05, 4.69) is 4.90 Å². The summed E-state index contributed by atoms with van der Waals surface area (Å²) >= 11 is 0. The van der Waals surface area contributed by atoms with Crippen molar-refractivity contribution in [1.82, 2.24) is 4.90 Å². The van der Waals surface area contributed by atoms with Gasteiger partial charge in [0.05, 0.1) is 18.8 Å². The molecule has 1 N–H and O–H groups in total. The summed E-state index contributed by atoms with van der Waals surface area (Å²) in [7, 11) is 0. The van der Waals surface area contributed by atoms with Crippen LogP contribution in [-0.2, 0) is 4.74 Å². The normalized spacial score (nSPS) is 31.8. The molecule has 17 heavy (non-hydrogen) atoms. The van der Waals surface area contributed by atoms with Crippen LogP contribution >= 0.6 is 0 Å². The van der Waals surface area contributed by atoms with E-state index in [9.17, 15) is 5.11 Å². The Morgan fingerprint density at radius 2 is 1.76 bits per heavy atom. The second kappa shape index (κ2) is 6.17. The minimum atomic E-state index is -0.322. The van der Waals surface area contributed by atoms with Gasteiger partial charge in [0.25, 0.3) is 0 Å². The number of aliphatic hydroxyl groups is 1. The van der Waals surface area contributed by atoms with E-state index in [1.54, 1.807) is 0 Å². The van der Waals surface area contributed by atoms with Crippen LogP contribution in [0.5, 0.6) is 0 Å². The molecule has 0 amide bonds. The standard InChI is InChI=1S/C14H27NO2/c1-11(2)17-10-14(16)9-15-7-12-5-3-4-6-13(12)8-15/h11-14,16H,3-10H2,1-2H3. The van der Waals surface area contributed by atoms with Crippen LogP contribution in [0.3, 0.4) is 0 Å². The molecule has 3 unspecified atom stereocenters. The van der Waals surface area contributed by atoms with Crippen molar-refractivity contribution in [2.45, 2.75) is 51.7 Å². The number of nitrogens with zero attached hydrogens (tertiary/aromatic N) is 1. The number of aliphatic hydroxyl groups excluding tert-OH is 1. The number of rotatable bonds is 5. The Kier molecular flexibility index (Phi) is 4.83. The first-order valence-corrected chi connectivity index (χ1v) is 7.17. The van der Waals surface area contributed by atoms with Gasteiger partial charge in [0.2, 0.25) is 0 Å². The second-order valence-electron chi connectivity index (χ2n) is 6.06. The molecular formula is C14H27NO2. The molecule has 100 valence electrons. The molecule has 2 aliphatic rings. The largest absolute Gasteiger partial charge is 0.389 e. The van der Waals surface area contributed by atoms with Crippen molar-refractivity contribution >= 4 is 0 Å². The molecular weight excluding hydrogens is 214 g/mol. The van der Waals surface area contributed by atoms with Crippen LogP contribution in [0.1, 0.15) is 39.5 Å². The predicted octanol–water partition coefficient (Wildman–Crippen LogP) is 1.89. The summed E-state index contributed by atoms with van der Waals surface area (Å²) in [5.74, 6) is 1.81. The SMILES string of the molecule is CC(C)OCC(O)CN1CC2CCCCC2C1. The number of β-amino-alcohol motifs (C(OH)–C–C–N with tert-alkyl or cyclic N) is 1. The Hall–Kier alpha value is -0.120. The van der Waals surface area contributed by atoms with E-state index in [0.717, 1.165) is 18.4 Å². The highest BCUT2D eigenvalue weighted by Gasteiger charge is 2.34. The number of likely N-dealkylation sites (tertiary alicyclic amines) is 1. The van der Waals surface area contributed by atoms with E-state index < -0.39 is 0 Å². The minimum Gasteiger partial charge on any atom is -0.389 e. The molecule has 1 aliphatic heterocycles. The molecule has 2 fully saturated rings. The fraction of sp³-hybridized carbons (Fsp3) is 1.00. The van der Waals surface area contributed by atoms with Crippen LogP contribution in [0, 0.1) is 11.8 Å². The van der Waals surface area contributed by atoms with Crippen molar-refractivity contribution < 1.29 is 9.84 Å². The Balaban J connectivity index is 1.69.